The molecule has 2 aromatic carbocycles. The smallest absolute Gasteiger partial charge is 0.407 e. The van der Waals surface area contributed by atoms with Crippen LogP contribution in [0.25, 0.3) is 11.1 Å². The van der Waals surface area contributed by atoms with Crippen molar-refractivity contribution in [3.8, 4) is 11.1 Å². The largest absolute Gasteiger partial charge is 0.481 e. The maximum absolute atomic E-state index is 12.9. The Morgan fingerprint density at radius 1 is 1.06 bits per heavy atom. The highest BCUT2D eigenvalue weighted by Crippen LogP contribution is 2.44. The van der Waals surface area contributed by atoms with E-state index < -0.39 is 18.1 Å². The van der Waals surface area contributed by atoms with Gasteiger partial charge in [0.2, 0.25) is 5.91 Å². The number of carbonyl (C=O) groups excluding carboxylic acids is 2. The number of benzene rings is 2. The molecule has 1 aliphatic rings. The van der Waals surface area contributed by atoms with Crippen molar-refractivity contribution in [2.45, 2.75) is 45.1 Å². The number of likely N-dealkylation sites (N-methyl/N-ethyl adjacent to an activating group) is 1. The maximum atomic E-state index is 12.9. The molecule has 1 aliphatic carbocycles. The van der Waals surface area contributed by atoms with Gasteiger partial charge in [-0.2, -0.15) is 0 Å². The summed E-state index contributed by atoms with van der Waals surface area (Å²) in [5, 5.41) is 11.5. The molecular formula is C27H32N2O5. The quantitative estimate of drug-likeness (QED) is 0.502. The third-order valence-electron chi connectivity index (χ3n) is 5.96. The van der Waals surface area contributed by atoms with Crippen LogP contribution in [0.4, 0.5) is 4.79 Å². The first kappa shape index (κ1) is 25.0. The summed E-state index contributed by atoms with van der Waals surface area (Å²) >= 11 is 0. The molecule has 7 heteroatoms. The summed E-state index contributed by atoms with van der Waals surface area (Å²) in [6.45, 7) is 4.30. The minimum absolute atomic E-state index is 0.0178. The molecule has 1 atom stereocenters. The molecule has 0 bridgehead atoms. The normalized spacial score (nSPS) is 12.8. The van der Waals surface area contributed by atoms with Crippen LogP contribution < -0.4 is 5.32 Å². The Hall–Kier alpha value is -3.61. The van der Waals surface area contributed by atoms with Crippen LogP contribution >= 0.6 is 0 Å². The molecule has 0 radical (unpaired) electrons. The van der Waals surface area contributed by atoms with E-state index in [2.05, 4.69) is 29.6 Å². The van der Waals surface area contributed by atoms with E-state index >= 15 is 0 Å². The van der Waals surface area contributed by atoms with Crippen LogP contribution in [0.15, 0.2) is 60.2 Å². The number of amides is 2. The molecule has 34 heavy (non-hydrogen) atoms. The predicted molar refractivity (Wildman–Crippen MR) is 131 cm³/mol. The van der Waals surface area contributed by atoms with Gasteiger partial charge in [0.15, 0.2) is 0 Å². The summed E-state index contributed by atoms with van der Waals surface area (Å²) in [7, 11) is 1.61. The van der Waals surface area contributed by atoms with E-state index in [1.54, 1.807) is 7.05 Å². The van der Waals surface area contributed by atoms with E-state index in [-0.39, 0.29) is 24.9 Å². The highest BCUT2D eigenvalue weighted by Gasteiger charge is 2.30. The van der Waals surface area contributed by atoms with Crippen LogP contribution in [0.5, 0.6) is 0 Å². The van der Waals surface area contributed by atoms with Crippen molar-refractivity contribution in [1.82, 2.24) is 10.2 Å². The molecule has 2 aromatic rings. The zero-order chi connectivity index (χ0) is 24.7. The van der Waals surface area contributed by atoms with Gasteiger partial charge in [-0.05, 0) is 48.9 Å². The number of fused-ring (bicyclic) bond motifs is 3. The fraction of sp³-hybridized carbons (Fsp3) is 0.370. The molecule has 0 aromatic heterocycles. The average molecular weight is 465 g/mol. The van der Waals surface area contributed by atoms with E-state index in [9.17, 15) is 14.4 Å². The van der Waals surface area contributed by atoms with Gasteiger partial charge in [0, 0.05) is 25.9 Å². The van der Waals surface area contributed by atoms with Crippen LogP contribution in [0.3, 0.4) is 0 Å². The van der Waals surface area contributed by atoms with Crippen molar-refractivity contribution in [2.75, 3.05) is 20.2 Å². The number of carboxylic acid groups (broad SMARTS) is 1. The highest BCUT2D eigenvalue weighted by atomic mass is 16.5. The minimum Gasteiger partial charge on any atom is -0.481 e. The molecule has 0 saturated heterocycles. The average Bonchev–Trinajstić information content (AvgIpc) is 3.13. The monoisotopic (exact) mass is 464 g/mol. The number of aliphatic carboxylic acids is 1. The number of alkyl carbamates (subject to hydrolysis) is 1. The van der Waals surface area contributed by atoms with E-state index in [1.807, 2.05) is 44.2 Å². The summed E-state index contributed by atoms with van der Waals surface area (Å²) in [4.78, 5) is 37.9. The Bertz CT molecular complexity index is 1030. The third-order valence-corrected chi connectivity index (χ3v) is 5.96. The minimum atomic E-state index is -0.904. The number of ether oxygens (including phenoxy) is 1. The first-order valence-corrected chi connectivity index (χ1v) is 11.5. The van der Waals surface area contributed by atoms with E-state index in [4.69, 9.17) is 9.84 Å². The lowest BCUT2D eigenvalue weighted by atomic mass is 9.98. The van der Waals surface area contributed by atoms with Gasteiger partial charge in [-0.1, -0.05) is 60.2 Å². The Labute approximate surface area is 200 Å². The molecule has 0 fully saturated rings. The van der Waals surface area contributed by atoms with Gasteiger partial charge in [-0.25, -0.2) is 4.79 Å². The summed E-state index contributed by atoms with van der Waals surface area (Å²) in [5.41, 5.74) is 5.55. The molecule has 0 saturated carbocycles. The Balaban J connectivity index is 1.65. The van der Waals surface area contributed by atoms with Crippen LogP contribution in [-0.4, -0.2) is 54.2 Å². The topological polar surface area (TPSA) is 95.9 Å². The van der Waals surface area contributed by atoms with Gasteiger partial charge < -0.3 is 20.1 Å². The first-order chi connectivity index (χ1) is 16.3. The van der Waals surface area contributed by atoms with Gasteiger partial charge in [-0.3, -0.25) is 9.59 Å². The number of carbonyl (C=O) groups is 3. The molecule has 0 heterocycles. The predicted octanol–water partition coefficient (Wildman–Crippen LogP) is 4.57. The fourth-order valence-corrected chi connectivity index (χ4v) is 4.20. The lowest BCUT2D eigenvalue weighted by molar-refractivity contribution is -0.138. The van der Waals surface area contributed by atoms with Crippen molar-refractivity contribution in [3.05, 3.63) is 71.3 Å². The van der Waals surface area contributed by atoms with Crippen molar-refractivity contribution in [2.24, 2.45) is 0 Å². The molecule has 2 amide bonds. The molecule has 3 rings (SSSR count). The lowest BCUT2D eigenvalue weighted by Crippen LogP contribution is -2.47. The van der Waals surface area contributed by atoms with E-state index in [0.29, 0.717) is 19.4 Å². The molecule has 2 N–H and O–H groups in total. The van der Waals surface area contributed by atoms with E-state index in [0.717, 1.165) is 27.8 Å². The number of nitrogens with one attached hydrogen (secondary N) is 1. The van der Waals surface area contributed by atoms with Gasteiger partial charge in [0.1, 0.15) is 12.6 Å². The zero-order valence-electron chi connectivity index (χ0n) is 19.9. The van der Waals surface area contributed by atoms with Gasteiger partial charge in [0.05, 0.1) is 0 Å². The molecule has 1 unspecified atom stereocenters. The Morgan fingerprint density at radius 3 is 2.21 bits per heavy atom. The van der Waals surface area contributed by atoms with Crippen molar-refractivity contribution < 1.29 is 24.2 Å². The Morgan fingerprint density at radius 2 is 1.65 bits per heavy atom. The van der Waals surface area contributed by atoms with Gasteiger partial charge >= 0.3 is 12.1 Å². The van der Waals surface area contributed by atoms with Crippen molar-refractivity contribution >= 4 is 18.0 Å². The number of carboxylic acids is 1. The highest BCUT2D eigenvalue weighted by molar-refractivity contribution is 5.86. The molecule has 180 valence electrons. The molecular weight excluding hydrogens is 432 g/mol. The fourth-order valence-electron chi connectivity index (χ4n) is 4.20. The summed E-state index contributed by atoms with van der Waals surface area (Å²) < 4.78 is 5.60. The summed E-state index contributed by atoms with van der Waals surface area (Å²) in [6, 6.07) is 15.4. The van der Waals surface area contributed by atoms with Crippen molar-refractivity contribution in [1.29, 1.82) is 0 Å². The number of hydrogen-bond donors (Lipinski definition) is 2. The standard InChI is InChI=1S/C27H32N2O5/c1-18(2)14-15-24(26(32)29(3)16-8-13-25(30)31)28-27(33)34-17-23-21-11-6-4-9-19(21)20-10-5-7-12-22(20)23/h4-7,9-12,14,23-24H,8,13,15-17H2,1-3H3,(H,28,33)(H,30,31). The summed E-state index contributed by atoms with van der Waals surface area (Å²) in [6.07, 6.45) is 1.89. The second kappa shape index (κ2) is 11.5. The van der Waals surface area contributed by atoms with Crippen LogP contribution in [0.1, 0.15) is 50.2 Å². The molecule has 7 nitrogen and oxygen atoms in total. The number of nitrogens with zero attached hydrogens (tertiary/aromatic N) is 1. The number of rotatable bonds is 10. The molecule has 0 aliphatic heterocycles. The van der Waals surface area contributed by atoms with Crippen LogP contribution in [0, 0.1) is 0 Å². The lowest BCUT2D eigenvalue weighted by Gasteiger charge is -2.24. The first-order valence-electron chi connectivity index (χ1n) is 11.5. The number of hydrogen-bond acceptors (Lipinski definition) is 4. The molecule has 0 spiro atoms. The maximum Gasteiger partial charge on any atom is 0.407 e. The van der Waals surface area contributed by atoms with Gasteiger partial charge in [0.25, 0.3) is 0 Å². The zero-order valence-corrected chi connectivity index (χ0v) is 19.9. The SMILES string of the molecule is CC(C)=CCC(NC(=O)OCC1c2ccccc2-c2ccccc21)C(=O)N(C)CCCC(=O)O. The van der Waals surface area contributed by atoms with Gasteiger partial charge in [-0.15, -0.1) is 0 Å². The van der Waals surface area contributed by atoms with Crippen molar-refractivity contribution in [3.63, 3.8) is 0 Å². The number of allylic oxidation sites excluding steroid dienone is 1. The van der Waals surface area contributed by atoms with E-state index in [1.165, 1.54) is 4.90 Å². The second-order valence-corrected chi connectivity index (χ2v) is 8.80. The summed E-state index contributed by atoms with van der Waals surface area (Å²) in [5.74, 6) is -1.25. The second-order valence-electron chi connectivity index (χ2n) is 8.80. The van der Waals surface area contributed by atoms with Crippen LogP contribution in [0.2, 0.25) is 0 Å². The third kappa shape index (κ3) is 6.25. The Kier molecular flexibility index (Phi) is 8.46. The van der Waals surface area contributed by atoms with Crippen LogP contribution in [-0.2, 0) is 14.3 Å².